The molecule has 1 heterocycles. The van der Waals surface area contributed by atoms with Crippen LogP contribution in [0.2, 0.25) is 0 Å². The molecule has 0 aromatic carbocycles. The molecule has 1 rings (SSSR count). The summed E-state index contributed by atoms with van der Waals surface area (Å²) in [5.41, 5.74) is -0.620. The second-order valence-electron chi connectivity index (χ2n) is 4.41. The largest absolute Gasteiger partial charge is 0.481 e. The van der Waals surface area contributed by atoms with Gasteiger partial charge in [0.15, 0.2) is 11.6 Å². The number of carbonyl (C=O) groups is 1. The third-order valence-corrected chi connectivity index (χ3v) is 3.14. The maximum Gasteiger partial charge on any atom is 0.311 e. The zero-order valence-corrected chi connectivity index (χ0v) is 10.8. The molecule has 18 heavy (non-hydrogen) atoms. The van der Waals surface area contributed by atoms with Crippen LogP contribution in [0.15, 0.2) is 6.33 Å². The molecule has 1 aromatic rings. The van der Waals surface area contributed by atoms with Crippen LogP contribution in [0.3, 0.4) is 0 Å². The van der Waals surface area contributed by atoms with Crippen LogP contribution in [0.1, 0.15) is 32.9 Å². The van der Waals surface area contributed by atoms with Gasteiger partial charge >= 0.3 is 5.97 Å². The molecular formula is C12H18FN3O2. The summed E-state index contributed by atoms with van der Waals surface area (Å²) in [7, 11) is 0. The second kappa shape index (κ2) is 5.75. The van der Waals surface area contributed by atoms with Crippen molar-refractivity contribution >= 4 is 11.8 Å². The number of anilines is 1. The van der Waals surface area contributed by atoms with E-state index in [1.54, 1.807) is 20.8 Å². The van der Waals surface area contributed by atoms with E-state index in [0.29, 0.717) is 18.5 Å². The molecule has 0 saturated heterocycles. The topological polar surface area (TPSA) is 75.1 Å². The van der Waals surface area contributed by atoms with Gasteiger partial charge in [-0.2, -0.15) is 0 Å². The average Bonchev–Trinajstić information content (AvgIpc) is 2.37. The van der Waals surface area contributed by atoms with E-state index < -0.39 is 17.2 Å². The summed E-state index contributed by atoms with van der Waals surface area (Å²) >= 11 is 0. The Morgan fingerprint density at radius 3 is 2.67 bits per heavy atom. The van der Waals surface area contributed by atoms with Gasteiger partial charge in [-0.3, -0.25) is 4.79 Å². The van der Waals surface area contributed by atoms with E-state index in [0.717, 1.165) is 0 Å². The molecule has 0 aliphatic rings. The monoisotopic (exact) mass is 255 g/mol. The number of hydrogen-bond acceptors (Lipinski definition) is 4. The van der Waals surface area contributed by atoms with Crippen molar-refractivity contribution in [3.63, 3.8) is 0 Å². The molecule has 1 aromatic heterocycles. The number of aromatic nitrogens is 2. The van der Waals surface area contributed by atoms with E-state index in [4.69, 9.17) is 5.11 Å². The Labute approximate surface area is 105 Å². The lowest BCUT2D eigenvalue weighted by molar-refractivity contribution is -0.147. The van der Waals surface area contributed by atoms with E-state index in [1.807, 2.05) is 0 Å². The van der Waals surface area contributed by atoms with Crippen molar-refractivity contribution < 1.29 is 14.3 Å². The summed E-state index contributed by atoms with van der Waals surface area (Å²) < 4.78 is 13.8. The van der Waals surface area contributed by atoms with Crippen LogP contribution in [0.5, 0.6) is 0 Å². The third kappa shape index (κ3) is 2.94. The number of aliphatic carboxylic acids is 1. The van der Waals surface area contributed by atoms with Crippen molar-refractivity contribution in [2.24, 2.45) is 5.41 Å². The Morgan fingerprint density at radius 2 is 2.17 bits per heavy atom. The van der Waals surface area contributed by atoms with Gasteiger partial charge in [-0.15, -0.1) is 0 Å². The number of nitrogens with one attached hydrogen (secondary N) is 1. The Hall–Kier alpha value is -1.72. The molecular weight excluding hydrogens is 237 g/mol. The normalized spacial score (nSPS) is 14.0. The molecule has 0 fully saturated rings. The lowest BCUT2D eigenvalue weighted by Gasteiger charge is -2.23. The van der Waals surface area contributed by atoms with Crippen LogP contribution in [0.4, 0.5) is 10.2 Å². The van der Waals surface area contributed by atoms with E-state index in [1.165, 1.54) is 6.33 Å². The van der Waals surface area contributed by atoms with Gasteiger partial charge in [0.1, 0.15) is 6.33 Å². The number of rotatable bonds is 6. The summed E-state index contributed by atoms with van der Waals surface area (Å²) in [4.78, 5) is 18.7. The molecule has 2 N–H and O–H groups in total. The molecule has 0 aliphatic carbocycles. The predicted molar refractivity (Wildman–Crippen MR) is 65.9 cm³/mol. The average molecular weight is 255 g/mol. The summed E-state index contributed by atoms with van der Waals surface area (Å²) in [5.74, 6) is -1.37. The standard InChI is InChI=1S/C12H18FN3O2/c1-4-8-9(13)10(16-7-15-8)14-6-12(3,5-2)11(17)18/h7H,4-6H2,1-3H3,(H,17,18)(H,14,15,16). The lowest BCUT2D eigenvalue weighted by atomic mass is 9.88. The highest BCUT2D eigenvalue weighted by Gasteiger charge is 2.31. The van der Waals surface area contributed by atoms with Gasteiger partial charge in [-0.1, -0.05) is 13.8 Å². The molecule has 0 amide bonds. The van der Waals surface area contributed by atoms with Crippen molar-refractivity contribution in [2.45, 2.75) is 33.6 Å². The molecule has 0 bridgehead atoms. The first-order chi connectivity index (χ1) is 8.44. The minimum atomic E-state index is -0.941. The Balaban J connectivity index is 2.83. The van der Waals surface area contributed by atoms with Crippen LogP contribution in [-0.2, 0) is 11.2 Å². The summed E-state index contributed by atoms with van der Waals surface area (Å²) in [6.45, 7) is 5.31. The first-order valence-corrected chi connectivity index (χ1v) is 5.91. The Bertz CT molecular complexity index is 439. The maximum absolute atomic E-state index is 13.8. The molecule has 0 spiro atoms. The SMILES string of the molecule is CCc1ncnc(NCC(C)(CC)C(=O)O)c1F. The van der Waals surface area contributed by atoms with E-state index in [-0.39, 0.29) is 12.4 Å². The summed E-state index contributed by atoms with van der Waals surface area (Å²) in [6, 6.07) is 0. The maximum atomic E-state index is 13.8. The summed E-state index contributed by atoms with van der Waals surface area (Å²) in [5, 5.41) is 11.9. The van der Waals surface area contributed by atoms with Crippen LogP contribution in [0, 0.1) is 11.2 Å². The van der Waals surface area contributed by atoms with Crippen LogP contribution in [0.25, 0.3) is 0 Å². The Morgan fingerprint density at radius 1 is 1.50 bits per heavy atom. The van der Waals surface area contributed by atoms with E-state index >= 15 is 0 Å². The first-order valence-electron chi connectivity index (χ1n) is 5.91. The fourth-order valence-electron chi connectivity index (χ4n) is 1.41. The minimum absolute atomic E-state index is 0.0581. The van der Waals surface area contributed by atoms with Crippen molar-refractivity contribution in [1.82, 2.24) is 9.97 Å². The van der Waals surface area contributed by atoms with Gasteiger partial charge in [-0.05, 0) is 19.8 Å². The van der Waals surface area contributed by atoms with Crippen molar-refractivity contribution in [1.29, 1.82) is 0 Å². The molecule has 1 atom stereocenters. The molecule has 1 unspecified atom stereocenters. The van der Waals surface area contributed by atoms with Crippen molar-refractivity contribution in [3.05, 3.63) is 17.8 Å². The molecule has 0 radical (unpaired) electrons. The number of carboxylic acids is 1. The van der Waals surface area contributed by atoms with Gasteiger partial charge in [0.2, 0.25) is 0 Å². The highest BCUT2D eigenvalue weighted by atomic mass is 19.1. The molecule has 0 saturated carbocycles. The smallest absolute Gasteiger partial charge is 0.311 e. The van der Waals surface area contributed by atoms with Crippen LogP contribution in [-0.4, -0.2) is 27.6 Å². The van der Waals surface area contributed by atoms with E-state index in [9.17, 15) is 9.18 Å². The van der Waals surface area contributed by atoms with Crippen LogP contribution >= 0.6 is 0 Å². The number of carboxylic acid groups (broad SMARTS) is 1. The molecule has 100 valence electrons. The molecule has 0 aliphatic heterocycles. The summed E-state index contributed by atoms with van der Waals surface area (Å²) in [6.07, 6.45) is 2.18. The third-order valence-electron chi connectivity index (χ3n) is 3.14. The zero-order chi connectivity index (χ0) is 13.8. The molecule has 6 heteroatoms. The fourth-order valence-corrected chi connectivity index (χ4v) is 1.41. The van der Waals surface area contributed by atoms with Crippen molar-refractivity contribution in [3.8, 4) is 0 Å². The lowest BCUT2D eigenvalue weighted by Crippen LogP contribution is -2.34. The number of aryl methyl sites for hydroxylation is 1. The van der Waals surface area contributed by atoms with Gasteiger partial charge < -0.3 is 10.4 Å². The molecule has 5 nitrogen and oxygen atoms in total. The zero-order valence-electron chi connectivity index (χ0n) is 10.8. The van der Waals surface area contributed by atoms with Gasteiger partial charge in [-0.25, -0.2) is 14.4 Å². The number of halogens is 1. The van der Waals surface area contributed by atoms with Crippen molar-refractivity contribution in [2.75, 3.05) is 11.9 Å². The quantitative estimate of drug-likeness (QED) is 0.814. The second-order valence-corrected chi connectivity index (χ2v) is 4.41. The Kier molecular flexibility index (Phi) is 4.58. The highest BCUT2D eigenvalue weighted by Crippen LogP contribution is 2.23. The number of hydrogen-bond donors (Lipinski definition) is 2. The highest BCUT2D eigenvalue weighted by molar-refractivity contribution is 5.74. The first kappa shape index (κ1) is 14.3. The van der Waals surface area contributed by atoms with Gasteiger partial charge in [0.25, 0.3) is 0 Å². The van der Waals surface area contributed by atoms with Gasteiger partial charge in [0, 0.05) is 6.54 Å². The fraction of sp³-hybridized carbons (Fsp3) is 0.583. The van der Waals surface area contributed by atoms with E-state index in [2.05, 4.69) is 15.3 Å². The number of nitrogens with zero attached hydrogens (tertiary/aromatic N) is 2. The van der Waals surface area contributed by atoms with Crippen LogP contribution < -0.4 is 5.32 Å². The predicted octanol–water partition coefficient (Wildman–Crippen LogP) is 2.09. The minimum Gasteiger partial charge on any atom is -0.481 e. The van der Waals surface area contributed by atoms with Gasteiger partial charge in [0.05, 0.1) is 11.1 Å².